The van der Waals surface area contributed by atoms with Gasteiger partial charge in [-0.3, -0.25) is 0 Å². The average Bonchev–Trinajstić information content (AvgIpc) is 2.09. The Hall–Kier alpha value is -0.0400. The highest BCUT2D eigenvalue weighted by Crippen LogP contribution is 2.38. The Labute approximate surface area is 69.6 Å². The Morgan fingerprint density at radius 2 is 2.00 bits per heavy atom. The van der Waals surface area contributed by atoms with Crippen LogP contribution in [0.3, 0.4) is 0 Å². The van der Waals surface area contributed by atoms with E-state index in [2.05, 4.69) is 12.2 Å². The van der Waals surface area contributed by atoms with Gasteiger partial charge >= 0.3 is 0 Å². The van der Waals surface area contributed by atoms with E-state index in [0.29, 0.717) is 5.54 Å². The summed E-state index contributed by atoms with van der Waals surface area (Å²) in [6, 6.07) is 0. The van der Waals surface area contributed by atoms with Crippen molar-refractivity contribution in [2.75, 3.05) is 6.54 Å². The van der Waals surface area contributed by atoms with Gasteiger partial charge < -0.3 is 5.32 Å². The number of rotatable bonds is 0. The van der Waals surface area contributed by atoms with Crippen LogP contribution in [0.15, 0.2) is 0 Å². The molecule has 2 rings (SSSR count). The molecule has 1 spiro atoms. The second kappa shape index (κ2) is 2.78. The first-order valence-corrected chi connectivity index (χ1v) is 5.06. The second-order valence-corrected chi connectivity index (χ2v) is 4.49. The predicted molar refractivity (Wildman–Crippen MR) is 47.6 cm³/mol. The van der Waals surface area contributed by atoms with E-state index in [1.165, 1.54) is 45.1 Å². The van der Waals surface area contributed by atoms with E-state index in [1.54, 1.807) is 0 Å². The maximum Gasteiger partial charge on any atom is 0.0181 e. The molecule has 1 N–H and O–H groups in total. The summed E-state index contributed by atoms with van der Waals surface area (Å²) in [5.74, 6) is 0.961. The monoisotopic (exact) mass is 153 g/mol. The van der Waals surface area contributed by atoms with Gasteiger partial charge in [0.1, 0.15) is 0 Å². The summed E-state index contributed by atoms with van der Waals surface area (Å²) < 4.78 is 0. The fourth-order valence-corrected chi connectivity index (χ4v) is 2.37. The molecule has 1 aliphatic heterocycles. The summed E-state index contributed by atoms with van der Waals surface area (Å²) in [6.45, 7) is 3.65. The first-order chi connectivity index (χ1) is 5.31. The van der Waals surface area contributed by atoms with Crippen LogP contribution in [0.25, 0.3) is 0 Å². The molecule has 0 amide bonds. The van der Waals surface area contributed by atoms with Crippen molar-refractivity contribution < 1.29 is 0 Å². The van der Waals surface area contributed by atoms with Crippen LogP contribution in [0.1, 0.15) is 45.4 Å². The minimum atomic E-state index is 0.616. The summed E-state index contributed by atoms with van der Waals surface area (Å²) in [7, 11) is 0. The van der Waals surface area contributed by atoms with Gasteiger partial charge in [0, 0.05) is 5.54 Å². The standard InChI is InChI=1S/C10H19N/c1-9-3-7-10(5-2-6-10)11-8-4-9/h9,11H,2-8H2,1H3. The fraction of sp³-hybridized carbons (Fsp3) is 1.00. The van der Waals surface area contributed by atoms with E-state index in [0.717, 1.165) is 5.92 Å². The van der Waals surface area contributed by atoms with Gasteiger partial charge in [-0.15, -0.1) is 0 Å². The highest BCUT2D eigenvalue weighted by Gasteiger charge is 2.37. The van der Waals surface area contributed by atoms with E-state index >= 15 is 0 Å². The average molecular weight is 153 g/mol. The number of hydrogen-bond donors (Lipinski definition) is 1. The van der Waals surface area contributed by atoms with E-state index in [9.17, 15) is 0 Å². The Balaban J connectivity index is 1.92. The van der Waals surface area contributed by atoms with Crippen molar-refractivity contribution in [3.63, 3.8) is 0 Å². The molecule has 1 nitrogen and oxygen atoms in total. The molecule has 1 heteroatoms. The van der Waals surface area contributed by atoms with Crippen molar-refractivity contribution in [2.24, 2.45) is 5.92 Å². The van der Waals surface area contributed by atoms with Crippen LogP contribution in [0, 0.1) is 5.92 Å². The van der Waals surface area contributed by atoms with Crippen LogP contribution in [-0.2, 0) is 0 Å². The van der Waals surface area contributed by atoms with Crippen LogP contribution in [0.4, 0.5) is 0 Å². The van der Waals surface area contributed by atoms with Crippen molar-refractivity contribution in [1.82, 2.24) is 5.32 Å². The van der Waals surface area contributed by atoms with E-state index < -0.39 is 0 Å². The molecule has 2 aliphatic rings. The highest BCUT2D eigenvalue weighted by atomic mass is 15.0. The molecule has 64 valence electrons. The maximum absolute atomic E-state index is 3.72. The molecule has 0 aromatic carbocycles. The summed E-state index contributed by atoms with van der Waals surface area (Å²) in [4.78, 5) is 0. The number of hydrogen-bond acceptors (Lipinski definition) is 1. The normalized spacial score (nSPS) is 36.3. The molecule has 11 heavy (non-hydrogen) atoms. The van der Waals surface area contributed by atoms with Gasteiger partial charge in [-0.25, -0.2) is 0 Å². The van der Waals surface area contributed by atoms with Crippen molar-refractivity contribution in [1.29, 1.82) is 0 Å². The summed E-state index contributed by atoms with van der Waals surface area (Å²) in [5.41, 5.74) is 0.616. The van der Waals surface area contributed by atoms with Crippen molar-refractivity contribution in [2.45, 2.75) is 51.0 Å². The lowest BCUT2D eigenvalue weighted by Gasteiger charge is -2.42. The summed E-state index contributed by atoms with van der Waals surface area (Å²) >= 11 is 0. The van der Waals surface area contributed by atoms with Crippen LogP contribution in [0.5, 0.6) is 0 Å². The molecule has 0 radical (unpaired) electrons. The van der Waals surface area contributed by atoms with Gasteiger partial charge in [-0.2, -0.15) is 0 Å². The Kier molecular flexibility index (Phi) is 1.92. The quantitative estimate of drug-likeness (QED) is 0.563. The molecule has 1 aliphatic carbocycles. The van der Waals surface area contributed by atoms with Crippen molar-refractivity contribution in [3.8, 4) is 0 Å². The van der Waals surface area contributed by atoms with Gasteiger partial charge in [0.2, 0.25) is 0 Å². The third-order valence-corrected chi connectivity index (χ3v) is 3.56. The largest absolute Gasteiger partial charge is 0.311 e. The van der Waals surface area contributed by atoms with Crippen LogP contribution >= 0.6 is 0 Å². The molecule has 1 saturated heterocycles. The molecular formula is C10H19N. The molecule has 1 atom stereocenters. The van der Waals surface area contributed by atoms with E-state index in [4.69, 9.17) is 0 Å². The SMILES string of the molecule is CC1CCNC2(CCC2)CC1. The zero-order valence-electron chi connectivity index (χ0n) is 7.53. The zero-order chi connectivity index (χ0) is 7.73. The first-order valence-electron chi connectivity index (χ1n) is 5.06. The lowest BCUT2D eigenvalue weighted by Crippen LogP contribution is -2.50. The van der Waals surface area contributed by atoms with E-state index in [-0.39, 0.29) is 0 Å². The predicted octanol–water partition coefficient (Wildman–Crippen LogP) is 2.32. The third kappa shape index (κ3) is 1.44. The minimum absolute atomic E-state index is 0.616. The number of nitrogens with one attached hydrogen (secondary N) is 1. The Morgan fingerprint density at radius 3 is 2.64 bits per heavy atom. The molecular weight excluding hydrogens is 134 g/mol. The van der Waals surface area contributed by atoms with E-state index in [1.807, 2.05) is 0 Å². The van der Waals surface area contributed by atoms with Crippen LogP contribution in [0.2, 0.25) is 0 Å². The lowest BCUT2D eigenvalue weighted by atomic mass is 9.73. The summed E-state index contributed by atoms with van der Waals surface area (Å²) in [5, 5.41) is 3.72. The molecule has 0 aromatic rings. The van der Waals surface area contributed by atoms with Crippen molar-refractivity contribution >= 4 is 0 Å². The third-order valence-electron chi connectivity index (χ3n) is 3.56. The maximum atomic E-state index is 3.72. The van der Waals surface area contributed by atoms with Gasteiger partial charge in [0.25, 0.3) is 0 Å². The molecule has 1 heterocycles. The highest BCUT2D eigenvalue weighted by molar-refractivity contribution is 4.97. The first kappa shape index (κ1) is 7.60. The zero-order valence-corrected chi connectivity index (χ0v) is 7.53. The molecule has 1 unspecified atom stereocenters. The minimum Gasteiger partial charge on any atom is -0.311 e. The van der Waals surface area contributed by atoms with Crippen LogP contribution in [-0.4, -0.2) is 12.1 Å². The molecule has 0 aromatic heterocycles. The van der Waals surface area contributed by atoms with Gasteiger partial charge in [-0.05, 0) is 51.0 Å². The topological polar surface area (TPSA) is 12.0 Å². The molecule has 2 fully saturated rings. The van der Waals surface area contributed by atoms with Crippen LogP contribution < -0.4 is 5.32 Å². The van der Waals surface area contributed by atoms with Crippen molar-refractivity contribution in [3.05, 3.63) is 0 Å². The van der Waals surface area contributed by atoms with Gasteiger partial charge in [-0.1, -0.05) is 6.92 Å². The van der Waals surface area contributed by atoms with Gasteiger partial charge in [0.05, 0.1) is 0 Å². The molecule has 0 bridgehead atoms. The molecule has 1 saturated carbocycles. The Bertz CT molecular complexity index is 138. The fourth-order valence-electron chi connectivity index (χ4n) is 2.37. The summed E-state index contributed by atoms with van der Waals surface area (Å²) in [6.07, 6.45) is 8.63. The Morgan fingerprint density at radius 1 is 1.18 bits per heavy atom. The lowest BCUT2D eigenvalue weighted by molar-refractivity contribution is 0.177. The second-order valence-electron chi connectivity index (χ2n) is 4.49. The van der Waals surface area contributed by atoms with Gasteiger partial charge in [0.15, 0.2) is 0 Å². The smallest absolute Gasteiger partial charge is 0.0181 e.